The lowest BCUT2D eigenvalue weighted by Crippen LogP contribution is -2.42. The Morgan fingerprint density at radius 1 is 1.29 bits per heavy atom. The summed E-state index contributed by atoms with van der Waals surface area (Å²) >= 11 is 3.55. The number of aliphatic carboxylic acids is 1. The summed E-state index contributed by atoms with van der Waals surface area (Å²) in [5.74, 6) is 0.0158. The number of pyridine rings is 1. The summed E-state index contributed by atoms with van der Waals surface area (Å²) in [4.78, 5) is 30.9. The van der Waals surface area contributed by atoms with Gasteiger partial charge < -0.3 is 14.7 Å². The lowest BCUT2D eigenvalue weighted by molar-refractivity contribution is -0.139. The van der Waals surface area contributed by atoms with Crippen LogP contribution in [0.2, 0.25) is 0 Å². The number of nitrogens with zero attached hydrogens (tertiary/aromatic N) is 2. The molecule has 186 valence electrons. The molecule has 0 bridgehead atoms. The van der Waals surface area contributed by atoms with Gasteiger partial charge in [0.15, 0.2) is 5.78 Å². The molecular weight excluding hydrogens is 487 g/mol. The Morgan fingerprint density at radius 3 is 2.89 bits per heavy atom. The molecule has 35 heavy (non-hydrogen) atoms. The number of piperidine rings is 1. The normalized spacial score (nSPS) is 18.6. The van der Waals surface area contributed by atoms with Crippen molar-refractivity contribution in [1.82, 2.24) is 9.88 Å². The fourth-order valence-corrected chi connectivity index (χ4v) is 6.66. The molecule has 1 N–H and O–H groups in total. The van der Waals surface area contributed by atoms with Crippen LogP contribution in [0.3, 0.4) is 0 Å². The van der Waals surface area contributed by atoms with E-state index in [4.69, 9.17) is 4.74 Å². The molecule has 0 radical (unpaired) electrons. The van der Waals surface area contributed by atoms with Gasteiger partial charge in [0.25, 0.3) is 0 Å². The van der Waals surface area contributed by atoms with E-state index < -0.39 is 11.9 Å². The van der Waals surface area contributed by atoms with Crippen LogP contribution < -0.4 is 4.74 Å². The maximum Gasteiger partial charge on any atom is 0.303 e. The molecule has 1 saturated heterocycles. The van der Waals surface area contributed by atoms with Gasteiger partial charge in [-0.2, -0.15) is 4.39 Å². The number of ether oxygens (including phenoxy) is 1. The number of thioether (sulfide) groups is 1. The highest BCUT2D eigenvalue weighted by atomic mass is 32.2. The minimum Gasteiger partial charge on any atom is -0.497 e. The molecule has 6 nitrogen and oxygen atoms in total. The molecule has 0 spiro atoms. The Labute approximate surface area is 212 Å². The number of rotatable bonds is 11. The van der Waals surface area contributed by atoms with Gasteiger partial charge in [0.1, 0.15) is 5.75 Å². The highest BCUT2D eigenvalue weighted by Gasteiger charge is 2.31. The highest BCUT2D eigenvalue weighted by Crippen LogP contribution is 2.32. The van der Waals surface area contributed by atoms with E-state index in [1.165, 1.54) is 17.4 Å². The van der Waals surface area contributed by atoms with Gasteiger partial charge in [-0.25, -0.2) is 4.98 Å². The minimum atomic E-state index is -0.810. The molecule has 3 heterocycles. The van der Waals surface area contributed by atoms with Crippen LogP contribution in [0.15, 0.2) is 46.0 Å². The number of methoxy groups -OCH3 is 1. The van der Waals surface area contributed by atoms with Crippen molar-refractivity contribution in [2.75, 3.05) is 32.5 Å². The predicted molar refractivity (Wildman–Crippen MR) is 137 cm³/mol. The van der Waals surface area contributed by atoms with Crippen molar-refractivity contribution in [2.45, 2.75) is 29.9 Å². The second kappa shape index (κ2) is 12.0. The van der Waals surface area contributed by atoms with E-state index in [2.05, 4.69) is 21.3 Å². The topological polar surface area (TPSA) is 79.7 Å². The van der Waals surface area contributed by atoms with Crippen LogP contribution in [-0.2, 0) is 4.79 Å². The summed E-state index contributed by atoms with van der Waals surface area (Å²) in [5.41, 5.74) is 0.704. The number of benzene rings is 1. The number of aromatic nitrogens is 1. The van der Waals surface area contributed by atoms with Crippen LogP contribution in [0.1, 0.15) is 36.0 Å². The van der Waals surface area contributed by atoms with Crippen molar-refractivity contribution in [3.8, 4) is 5.75 Å². The molecule has 0 amide bonds. The van der Waals surface area contributed by atoms with Crippen LogP contribution in [0, 0.1) is 17.8 Å². The zero-order chi connectivity index (χ0) is 24.8. The second-order valence-corrected chi connectivity index (χ2v) is 11.2. The van der Waals surface area contributed by atoms with Crippen molar-refractivity contribution in [2.24, 2.45) is 11.8 Å². The number of fused-ring (bicyclic) bond motifs is 1. The van der Waals surface area contributed by atoms with Gasteiger partial charge in [0, 0.05) is 48.7 Å². The average molecular weight is 517 g/mol. The number of carbonyl (C=O) groups excluding carboxylic acids is 1. The first-order valence-electron chi connectivity index (χ1n) is 11.7. The molecule has 2 unspecified atom stereocenters. The number of hydrogen-bond acceptors (Lipinski definition) is 7. The quantitative estimate of drug-likeness (QED) is 0.202. The van der Waals surface area contributed by atoms with Crippen LogP contribution in [0.4, 0.5) is 4.39 Å². The summed E-state index contributed by atoms with van der Waals surface area (Å²) in [6.45, 7) is 2.53. The largest absolute Gasteiger partial charge is 0.497 e. The third kappa shape index (κ3) is 6.80. The first-order valence-corrected chi connectivity index (χ1v) is 13.6. The number of carbonyl (C=O) groups is 2. The molecule has 1 aliphatic rings. The van der Waals surface area contributed by atoms with E-state index >= 15 is 0 Å². The molecule has 4 rings (SSSR count). The monoisotopic (exact) mass is 516 g/mol. The Morgan fingerprint density at radius 2 is 2.14 bits per heavy atom. The van der Waals surface area contributed by atoms with Crippen molar-refractivity contribution < 1.29 is 23.8 Å². The number of Topliss-reactive ketones (excluding diaryl/α,β-unsaturated/α-hetero) is 1. The predicted octanol–water partition coefficient (Wildman–Crippen LogP) is 5.61. The standard InChI is InChI=1S/C26H29FN2O4S2/c1-33-19-5-6-22-20(14-19)21(15-24(27)28-22)23(30)7-4-17-8-9-29(16-18(17)13-25(31)32)10-12-35-26-3-2-11-34-26/h2-3,5-6,11,14-15,17-18H,4,7-10,12-13,16H2,1H3,(H,31,32). The zero-order valence-electron chi connectivity index (χ0n) is 19.6. The van der Waals surface area contributed by atoms with Crippen molar-refractivity contribution >= 4 is 45.8 Å². The SMILES string of the molecule is COc1ccc2nc(F)cc(C(=O)CCC3CCN(CCSc4cccs4)CC3CC(=O)O)c2c1. The molecule has 1 aromatic carbocycles. The molecule has 0 saturated carbocycles. The summed E-state index contributed by atoms with van der Waals surface area (Å²) in [5, 5.41) is 12.1. The fourth-order valence-electron chi connectivity index (χ4n) is 4.80. The number of carboxylic acid groups (broad SMARTS) is 1. The first kappa shape index (κ1) is 25.6. The Kier molecular flexibility index (Phi) is 8.75. The first-order chi connectivity index (χ1) is 16.9. The summed E-state index contributed by atoms with van der Waals surface area (Å²) in [6.07, 6.45) is 1.78. The van der Waals surface area contributed by atoms with Crippen LogP contribution in [-0.4, -0.2) is 59.2 Å². The van der Waals surface area contributed by atoms with Crippen LogP contribution in [0.5, 0.6) is 5.75 Å². The number of carboxylic acids is 1. The maximum atomic E-state index is 14.1. The molecule has 2 aromatic heterocycles. The van der Waals surface area contributed by atoms with Gasteiger partial charge in [0.2, 0.25) is 5.95 Å². The molecule has 1 aliphatic heterocycles. The third-order valence-electron chi connectivity index (χ3n) is 6.59. The van der Waals surface area contributed by atoms with E-state index in [9.17, 15) is 19.1 Å². The number of hydrogen-bond donors (Lipinski definition) is 1. The number of thiophene rings is 1. The van der Waals surface area contributed by atoms with Gasteiger partial charge in [-0.3, -0.25) is 9.59 Å². The Bertz CT molecular complexity index is 1170. The zero-order valence-corrected chi connectivity index (χ0v) is 21.2. The van der Waals surface area contributed by atoms with Gasteiger partial charge >= 0.3 is 5.97 Å². The lowest BCUT2D eigenvalue weighted by Gasteiger charge is -2.38. The van der Waals surface area contributed by atoms with Gasteiger partial charge in [-0.15, -0.1) is 23.1 Å². The smallest absolute Gasteiger partial charge is 0.303 e. The number of likely N-dealkylation sites (tertiary alicyclic amines) is 1. The molecule has 3 aromatic rings. The highest BCUT2D eigenvalue weighted by molar-refractivity contribution is 8.01. The minimum absolute atomic E-state index is 0.00759. The van der Waals surface area contributed by atoms with E-state index in [0.717, 1.165) is 31.8 Å². The Hall–Kier alpha value is -2.49. The lowest BCUT2D eigenvalue weighted by atomic mass is 9.79. The maximum absolute atomic E-state index is 14.1. The van der Waals surface area contributed by atoms with E-state index in [1.807, 2.05) is 17.8 Å². The average Bonchev–Trinajstić information content (AvgIpc) is 3.35. The second-order valence-electron chi connectivity index (χ2n) is 8.83. The molecule has 0 aliphatic carbocycles. The van der Waals surface area contributed by atoms with Crippen molar-refractivity contribution in [1.29, 1.82) is 0 Å². The molecular formula is C26H29FN2O4S2. The van der Waals surface area contributed by atoms with Crippen LogP contribution >= 0.6 is 23.1 Å². The third-order valence-corrected chi connectivity index (χ3v) is 8.70. The summed E-state index contributed by atoms with van der Waals surface area (Å²) < 4.78 is 20.7. The molecule has 9 heteroatoms. The van der Waals surface area contributed by atoms with Gasteiger partial charge in [-0.1, -0.05) is 6.07 Å². The van der Waals surface area contributed by atoms with Crippen molar-refractivity contribution in [3.63, 3.8) is 0 Å². The number of ketones is 1. The van der Waals surface area contributed by atoms with E-state index in [0.29, 0.717) is 28.6 Å². The van der Waals surface area contributed by atoms with Crippen LogP contribution in [0.25, 0.3) is 10.9 Å². The summed E-state index contributed by atoms with van der Waals surface area (Å²) in [7, 11) is 1.54. The Balaban J connectivity index is 1.39. The fraction of sp³-hybridized carbons (Fsp3) is 0.423. The molecule has 2 atom stereocenters. The number of halogens is 1. The van der Waals surface area contributed by atoms with Gasteiger partial charge in [0.05, 0.1) is 16.8 Å². The summed E-state index contributed by atoms with van der Waals surface area (Å²) in [6, 6.07) is 10.4. The molecule has 1 fully saturated rings. The van der Waals surface area contributed by atoms with Crippen molar-refractivity contribution in [3.05, 3.63) is 53.3 Å². The van der Waals surface area contributed by atoms with E-state index in [1.54, 1.807) is 29.5 Å². The van der Waals surface area contributed by atoms with E-state index in [-0.39, 0.29) is 30.5 Å². The van der Waals surface area contributed by atoms with Gasteiger partial charge in [-0.05, 0) is 60.9 Å².